The van der Waals surface area contributed by atoms with Crippen LogP contribution in [-0.4, -0.2) is 41.8 Å². The van der Waals surface area contributed by atoms with Gasteiger partial charge in [-0.05, 0) is 12.5 Å². The predicted octanol–water partition coefficient (Wildman–Crippen LogP) is 2.40. The monoisotopic (exact) mass is 453 g/mol. The van der Waals surface area contributed by atoms with Gasteiger partial charge in [-0.15, -0.1) is 0 Å². The number of aryl methyl sites for hydroxylation is 1. The first kappa shape index (κ1) is 21.0. The molecule has 11 heteroatoms. The van der Waals surface area contributed by atoms with Crippen molar-refractivity contribution in [3.05, 3.63) is 64.5 Å². The Bertz CT molecular complexity index is 1410. The number of nitrogens with zero attached hydrogens (tertiary/aromatic N) is 5. The summed E-state index contributed by atoms with van der Waals surface area (Å²) in [5.74, 6) is -1.40. The number of amides is 1. The normalized spacial score (nSPS) is 16.9. The van der Waals surface area contributed by atoms with Gasteiger partial charge >= 0.3 is 0 Å². The number of rotatable bonds is 6. The van der Waals surface area contributed by atoms with Crippen molar-refractivity contribution in [2.24, 2.45) is 5.92 Å². The van der Waals surface area contributed by atoms with Gasteiger partial charge in [0.1, 0.15) is 23.8 Å². The summed E-state index contributed by atoms with van der Waals surface area (Å²) >= 11 is 0. The average molecular weight is 453 g/mol. The molecule has 0 aliphatic carbocycles. The van der Waals surface area contributed by atoms with E-state index >= 15 is 0 Å². The van der Waals surface area contributed by atoms with Gasteiger partial charge in [-0.1, -0.05) is 13.0 Å². The fourth-order valence-corrected chi connectivity index (χ4v) is 4.28. The first-order chi connectivity index (χ1) is 15.9. The SMILES string of the molecule is CCCn1cnc2nc(-c3cnn(C(c4ccc(F)cc4F)C4CNC(=O)C4)c3)[nH]c2c1=O. The molecule has 1 aliphatic heterocycles. The molecule has 1 aromatic carbocycles. The number of benzene rings is 1. The Hall–Kier alpha value is -3.89. The van der Waals surface area contributed by atoms with Crippen molar-refractivity contribution in [1.82, 2.24) is 34.6 Å². The van der Waals surface area contributed by atoms with Crippen molar-refractivity contribution in [3.8, 4) is 11.4 Å². The second-order valence-electron chi connectivity index (χ2n) is 8.12. The van der Waals surface area contributed by atoms with Crippen molar-refractivity contribution in [3.63, 3.8) is 0 Å². The van der Waals surface area contributed by atoms with E-state index in [0.29, 0.717) is 35.6 Å². The minimum atomic E-state index is -0.708. The number of aromatic nitrogens is 6. The minimum Gasteiger partial charge on any atom is -0.356 e. The van der Waals surface area contributed by atoms with Crippen LogP contribution in [0.5, 0.6) is 0 Å². The Labute approximate surface area is 186 Å². The summed E-state index contributed by atoms with van der Waals surface area (Å²) in [6, 6.07) is 2.75. The zero-order chi connectivity index (χ0) is 23.1. The molecule has 2 unspecified atom stereocenters. The summed E-state index contributed by atoms with van der Waals surface area (Å²) in [5.41, 5.74) is 1.18. The fourth-order valence-electron chi connectivity index (χ4n) is 4.28. The lowest BCUT2D eigenvalue weighted by Crippen LogP contribution is -2.24. The van der Waals surface area contributed by atoms with E-state index in [0.717, 1.165) is 12.5 Å². The topological polar surface area (TPSA) is 110 Å². The molecule has 1 aliphatic rings. The summed E-state index contributed by atoms with van der Waals surface area (Å²) < 4.78 is 31.3. The Morgan fingerprint density at radius 2 is 2.12 bits per heavy atom. The molecule has 3 aromatic heterocycles. The summed E-state index contributed by atoms with van der Waals surface area (Å²) in [7, 11) is 0. The van der Waals surface area contributed by atoms with Crippen LogP contribution in [0.25, 0.3) is 22.6 Å². The fraction of sp³-hybridized carbons (Fsp3) is 0.318. The Morgan fingerprint density at radius 3 is 2.85 bits per heavy atom. The van der Waals surface area contributed by atoms with E-state index in [9.17, 15) is 18.4 Å². The van der Waals surface area contributed by atoms with Gasteiger partial charge in [0.15, 0.2) is 11.2 Å². The van der Waals surface area contributed by atoms with E-state index in [4.69, 9.17) is 0 Å². The van der Waals surface area contributed by atoms with Crippen LogP contribution < -0.4 is 10.9 Å². The van der Waals surface area contributed by atoms with Crippen LogP contribution in [0.3, 0.4) is 0 Å². The maximum atomic E-state index is 14.7. The van der Waals surface area contributed by atoms with Gasteiger partial charge in [0.05, 0.1) is 17.8 Å². The molecule has 1 amide bonds. The largest absolute Gasteiger partial charge is 0.356 e. The molecule has 4 aromatic rings. The summed E-state index contributed by atoms with van der Waals surface area (Å²) in [5, 5.41) is 7.15. The average Bonchev–Trinajstić information content (AvgIpc) is 3.52. The van der Waals surface area contributed by atoms with Gasteiger partial charge in [0.2, 0.25) is 5.91 Å². The second kappa shape index (κ2) is 8.23. The highest BCUT2D eigenvalue weighted by atomic mass is 19.1. The van der Waals surface area contributed by atoms with E-state index in [1.165, 1.54) is 23.0 Å². The summed E-state index contributed by atoms with van der Waals surface area (Å²) in [6.45, 7) is 2.87. The number of imidazole rings is 1. The summed E-state index contributed by atoms with van der Waals surface area (Å²) in [6.07, 6.45) is 5.67. The Balaban J connectivity index is 1.55. The lowest BCUT2D eigenvalue weighted by Gasteiger charge is -2.23. The molecule has 170 valence electrons. The predicted molar refractivity (Wildman–Crippen MR) is 115 cm³/mol. The Morgan fingerprint density at radius 1 is 1.27 bits per heavy atom. The molecule has 9 nitrogen and oxygen atoms in total. The van der Waals surface area contributed by atoms with Crippen molar-refractivity contribution in [2.75, 3.05) is 6.54 Å². The van der Waals surface area contributed by atoms with Gasteiger partial charge in [0, 0.05) is 43.3 Å². The molecule has 0 radical (unpaired) electrons. The van der Waals surface area contributed by atoms with Gasteiger partial charge in [-0.2, -0.15) is 5.10 Å². The number of halogens is 2. The number of carbonyl (C=O) groups is 1. The number of nitrogens with one attached hydrogen (secondary N) is 2. The second-order valence-corrected chi connectivity index (χ2v) is 8.12. The maximum absolute atomic E-state index is 14.7. The molecule has 1 saturated heterocycles. The van der Waals surface area contributed by atoms with E-state index < -0.39 is 17.7 Å². The third kappa shape index (κ3) is 3.79. The van der Waals surface area contributed by atoms with Crippen LogP contribution in [0.4, 0.5) is 8.78 Å². The number of fused-ring (bicyclic) bond motifs is 1. The minimum absolute atomic E-state index is 0.133. The van der Waals surface area contributed by atoms with Crippen molar-refractivity contribution < 1.29 is 13.6 Å². The van der Waals surface area contributed by atoms with E-state index in [1.54, 1.807) is 17.1 Å². The number of aromatic amines is 1. The number of hydrogen-bond donors (Lipinski definition) is 2. The van der Waals surface area contributed by atoms with Gasteiger partial charge in [-0.3, -0.25) is 18.8 Å². The molecular weight excluding hydrogens is 432 g/mol. The summed E-state index contributed by atoms with van der Waals surface area (Å²) in [4.78, 5) is 36.2. The zero-order valence-corrected chi connectivity index (χ0v) is 17.8. The van der Waals surface area contributed by atoms with Gasteiger partial charge in [0.25, 0.3) is 5.56 Å². The van der Waals surface area contributed by atoms with E-state index in [1.807, 2.05) is 6.92 Å². The first-order valence-corrected chi connectivity index (χ1v) is 10.7. The highest BCUT2D eigenvalue weighted by Crippen LogP contribution is 2.33. The number of H-pyrrole nitrogens is 1. The highest BCUT2D eigenvalue weighted by Gasteiger charge is 2.34. The molecule has 4 heterocycles. The first-order valence-electron chi connectivity index (χ1n) is 10.7. The molecule has 2 N–H and O–H groups in total. The van der Waals surface area contributed by atoms with Crippen molar-refractivity contribution in [2.45, 2.75) is 32.4 Å². The van der Waals surface area contributed by atoms with Crippen LogP contribution in [0, 0.1) is 17.6 Å². The van der Waals surface area contributed by atoms with Crippen LogP contribution >= 0.6 is 0 Å². The number of hydrogen-bond acceptors (Lipinski definition) is 5. The number of carbonyl (C=O) groups excluding carboxylic acids is 1. The molecule has 1 fully saturated rings. The molecule has 5 rings (SSSR count). The van der Waals surface area contributed by atoms with Crippen LogP contribution in [-0.2, 0) is 11.3 Å². The zero-order valence-electron chi connectivity index (χ0n) is 17.8. The molecule has 0 saturated carbocycles. The Kier molecular flexibility index (Phi) is 5.23. The lowest BCUT2D eigenvalue weighted by atomic mass is 9.91. The van der Waals surface area contributed by atoms with E-state index in [2.05, 4.69) is 25.4 Å². The quantitative estimate of drug-likeness (QED) is 0.466. The van der Waals surface area contributed by atoms with Crippen molar-refractivity contribution in [1.29, 1.82) is 0 Å². The van der Waals surface area contributed by atoms with Gasteiger partial charge < -0.3 is 10.3 Å². The molecule has 33 heavy (non-hydrogen) atoms. The van der Waals surface area contributed by atoms with Crippen molar-refractivity contribution >= 4 is 17.1 Å². The van der Waals surface area contributed by atoms with Crippen LogP contribution in [0.2, 0.25) is 0 Å². The molecule has 0 spiro atoms. The smallest absolute Gasteiger partial charge is 0.279 e. The third-order valence-electron chi connectivity index (χ3n) is 5.84. The standard InChI is InChI=1S/C22H21F2N7O2/c1-2-5-30-11-26-21-18(22(30)33)28-20(29-21)13-9-27-31(10-13)19(12-6-17(32)25-8-12)15-4-3-14(23)7-16(15)24/h3-4,7,9-12,19H,2,5-6,8H2,1H3,(H,25,32)(H,28,29). The molecule has 0 bridgehead atoms. The molecule has 2 atom stereocenters. The van der Waals surface area contributed by atoms with Crippen LogP contribution in [0.15, 0.2) is 41.7 Å². The maximum Gasteiger partial charge on any atom is 0.279 e. The third-order valence-corrected chi connectivity index (χ3v) is 5.84. The van der Waals surface area contributed by atoms with Crippen LogP contribution in [0.1, 0.15) is 31.4 Å². The highest BCUT2D eigenvalue weighted by molar-refractivity contribution is 5.78. The van der Waals surface area contributed by atoms with E-state index in [-0.39, 0.29) is 29.4 Å². The lowest BCUT2D eigenvalue weighted by molar-refractivity contribution is -0.119. The van der Waals surface area contributed by atoms with Gasteiger partial charge in [-0.25, -0.2) is 18.7 Å². The molecular formula is C22H21F2N7O2.